The van der Waals surface area contributed by atoms with E-state index in [1.165, 1.54) is 57.1 Å². The maximum Gasteiger partial charge on any atom is 0.432 e. The van der Waals surface area contributed by atoms with Crippen LogP contribution in [0, 0.1) is 0 Å². The molecule has 0 aromatic heterocycles. The molecule has 0 radical (unpaired) electrons. The van der Waals surface area contributed by atoms with Gasteiger partial charge in [0, 0.05) is 19.1 Å². The Kier molecular flexibility index (Phi) is 16.2. The van der Waals surface area contributed by atoms with Crippen LogP contribution in [0.25, 0.3) is 0 Å². The highest BCUT2D eigenvalue weighted by molar-refractivity contribution is 5.82. The molecule has 0 heterocycles. The Morgan fingerprint density at radius 1 is 0.784 bits per heavy atom. The van der Waals surface area contributed by atoms with Crippen molar-refractivity contribution in [1.29, 1.82) is 0 Å². The highest BCUT2D eigenvalue weighted by atomic mass is 19.4. The van der Waals surface area contributed by atoms with E-state index in [2.05, 4.69) is 11.7 Å². The van der Waals surface area contributed by atoms with Gasteiger partial charge >= 0.3 is 18.1 Å². The minimum atomic E-state index is -4.99. The second kappa shape index (κ2) is 18.2. The summed E-state index contributed by atoms with van der Waals surface area (Å²) >= 11 is 0. The molecule has 0 N–H and O–H groups in total. The van der Waals surface area contributed by atoms with Crippen LogP contribution < -0.4 is 0 Å². The first kappa shape index (κ1) is 32.9. The summed E-state index contributed by atoms with van der Waals surface area (Å²) in [7, 11) is 2.24. The molecule has 5 nitrogen and oxygen atoms in total. The zero-order valence-electron chi connectivity index (χ0n) is 22.7. The van der Waals surface area contributed by atoms with Gasteiger partial charge < -0.3 is 14.2 Å². The van der Waals surface area contributed by atoms with Crippen molar-refractivity contribution in [1.82, 2.24) is 0 Å². The van der Waals surface area contributed by atoms with Crippen LogP contribution in [-0.4, -0.2) is 38.4 Å². The summed E-state index contributed by atoms with van der Waals surface area (Å²) in [5, 5.41) is 0. The molecule has 1 rings (SSSR count). The van der Waals surface area contributed by atoms with Crippen molar-refractivity contribution in [2.45, 2.75) is 121 Å². The summed E-state index contributed by atoms with van der Waals surface area (Å²) in [6.07, 6.45) is 7.43. The predicted octanol–water partition coefficient (Wildman–Crippen LogP) is 8.05. The van der Waals surface area contributed by atoms with Crippen molar-refractivity contribution < 1.29 is 37.0 Å². The van der Waals surface area contributed by atoms with Crippen molar-refractivity contribution in [2.24, 2.45) is 0 Å². The molecule has 0 fully saturated rings. The highest BCUT2D eigenvalue weighted by Gasteiger charge is 2.64. The lowest BCUT2D eigenvalue weighted by atomic mass is 9.92. The smallest absolute Gasteiger partial charge is 0.432 e. The first-order valence-corrected chi connectivity index (χ1v) is 13.7. The Balaban J connectivity index is 2.80. The summed E-state index contributed by atoms with van der Waals surface area (Å²) in [6.45, 7) is 2.18. The summed E-state index contributed by atoms with van der Waals surface area (Å²) in [5.74, 6) is -1.69. The molecule has 212 valence electrons. The Morgan fingerprint density at radius 3 is 1.78 bits per heavy atom. The zero-order valence-corrected chi connectivity index (χ0v) is 22.7. The minimum Gasteiger partial charge on any atom is -0.469 e. The van der Waals surface area contributed by atoms with E-state index in [9.17, 15) is 22.8 Å². The zero-order chi connectivity index (χ0) is 27.6. The molecule has 0 aliphatic heterocycles. The maximum absolute atomic E-state index is 14.3. The maximum atomic E-state index is 14.3. The van der Waals surface area contributed by atoms with Gasteiger partial charge in [-0.25, -0.2) is 4.79 Å². The molecule has 2 atom stereocenters. The first-order chi connectivity index (χ1) is 17.7. The van der Waals surface area contributed by atoms with E-state index in [4.69, 9.17) is 9.47 Å². The van der Waals surface area contributed by atoms with Crippen molar-refractivity contribution in [3.05, 3.63) is 35.9 Å². The molecule has 37 heavy (non-hydrogen) atoms. The van der Waals surface area contributed by atoms with Crippen LogP contribution in [0.5, 0.6) is 0 Å². The minimum absolute atomic E-state index is 0.259. The van der Waals surface area contributed by atoms with Gasteiger partial charge in [-0.1, -0.05) is 95.0 Å². The number of alkyl halides is 3. The van der Waals surface area contributed by atoms with E-state index in [1.807, 2.05) is 0 Å². The van der Waals surface area contributed by atoms with Gasteiger partial charge in [0.2, 0.25) is 0 Å². The topological polar surface area (TPSA) is 61.8 Å². The van der Waals surface area contributed by atoms with Crippen LogP contribution in [0.3, 0.4) is 0 Å². The SMILES string of the molecule is CCCCCCCCCC[C@H](CCCCCCC(=O)OC)OC(=O)[C@@](OC)(c1ccccc1)C(F)(F)F. The summed E-state index contributed by atoms with van der Waals surface area (Å²) < 4.78 is 57.9. The lowest BCUT2D eigenvalue weighted by molar-refractivity contribution is -0.278. The summed E-state index contributed by atoms with van der Waals surface area (Å²) in [4.78, 5) is 24.4. The van der Waals surface area contributed by atoms with Crippen LogP contribution in [0.15, 0.2) is 30.3 Å². The number of rotatable bonds is 20. The Bertz CT molecular complexity index is 754. The van der Waals surface area contributed by atoms with Gasteiger partial charge in [-0.05, 0) is 32.1 Å². The molecule has 0 unspecified atom stereocenters. The molecule has 0 bridgehead atoms. The largest absolute Gasteiger partial charge is 0.469 e. The number of hydrogen-bond donors (Lipinski definition) is 0. The van der Waals surface area contributed by atoms with Crippen LogP contribution >= 0.6 is 0 Å². The van der Waals surface area contributed by atoms with E-state index < -0.39 is 23.9 Å². The number of carbonyl (C=O) groups is 2. The predicted molar refractivity (Wildman–Crippen MR) is 138 cm³/mol. The fourth-order valence-corrected chi connectivity index (χ4v) is 4.49. The molecule has 1 aromatic carbocycles. The van der Waals surface area contributed by atoms with E-state index in [-0.39, 0.29) is 11.5 Å². The Hall–Kier alpha value is -2.09. The third-order valence-corrected chi connectivity index (χ3v) is 6.71. The standard InChI is InChI=1S/C29H45F3O5/c1-4-5-6-7-8-9-10-16-21-25(22-17-11-12-18-23-26(33)35-2)37-27(34)28(36-3,29(30,31)32)24-19-14-13-15-20-24/h13-15,19-20,25H,4-12,16-18,21-23H2,1-3H3/t25-,28+/m1/s1. The first-order valence-electron chi connectivity index (χ1n) is 13.7. The van der Waals surface area contributed by atoms with Crippen LogP contribution in [0.4, 0.5) is 13.2 Å². The van der Waals surface area contributed by atoms with Gasteiger partial charge in [-0.15, -0.1) is 0 Å². The molecular weight excluding hydrogens is 485 g/mol. The fraction of sp³-hybridized carbons (Fsp3) is 0.724. The lowest BCUT2D eigenvalue weighted by Gasteiger charge is -2.34. The van der Waals surface area contributed by atoms with Crippen molar-refractivity contribution in [3.8, 4) is 0 Å². The van der Waals surface area contributed by atoms with Crippen molar-refractivity contribution >= 4 is 11.9 Å². The number of hydrogen-bond acceptors (Lipinski definition) is 5. The van der Waals surface area contributed by atoms with Gasteiger partial charge in [-0.2, -0.15) is 13.2 Å². The number of ether oxygens (including phenoxy) is 3. The van der Waals surface area contributed by atoms with Gasteiger partial charge in [0.05, 0.1) is 7.11 Å². The Labute approximate surface area is 220 Å². The highest BCUT2D eigenvalue weighted by Crippen LogP contribution is 2.43. The molecule has 0 aliphatic rings. The molecule has 0 saturated heterocycles. The van der Waals surface area contributed by atoms with Crippen LogP contribution in [0.1, 0.15) is 109 Å². The van der Waals surface area contributed by atoms with Gasteiger partial charge in [0.1, 0.15) is 6.10 Å². The molecule has 0 aliphatic carbocycles. The molecule has 0 spiro atoms. The number of halogens is 3. The number of methoxy groups -OCH3 is 2. The van der Waals surface area contributed by atoms with Crippen molar-refractivity contribution in [3.63, 3.8) is 0 Å². The number of unbranched alkanes of at least 4 members (excludes halogenated alkanes) is 10. The third kappa shape index (κ3) is 11.5. The summed E-state index contributed by atoms with van der Waals surface area (Å²) in [5.41, 5.74) is -3.48. The quantitative estimate of drug-likeness (QED) is 0.126. The second-order valence-corrected chi connectivity index (χ2v) is 9.57. The van der Waals surface area contributed by atoms with Gasteiger partial charge in [0.25, 0.3) is 5.60 Å². The molecular formula is C29H45F3O5. The van der Waals surface area contributed by atoms with E-state index in [0.29, 0.717) is 32.1 Å². The molecule has 0 amide bonds. The van der Waals surface area contributed by atoms with Crippen molar-refractivity contribution in [2.75, 3.05) is 14.2 Å². The average molecular weight is 531 g/mol. The lowest BCUT2D eigenvalue weighted by Crippen LogP contribution is -2.52. The van der Waals surface area contributed by atoms with E-state index in [1.54, 1.807) is 6.07 Å². The monoisotopic (exact) mass is 530 g/mol. The number of esters is 2. The number of carbonyl (C=O) groups excluding carboxylic acids is 2. The molecule has 8 heteroatoms. The third-order valence-electron chi connectivity index (χ3n) is 6.71. The van der Waals surface area contributed by atoms with Crippen LogP contribution in [-0.2, 0) is 29.4 Å². The van der Waals surface area contributed by atoms with Crippen LogP contribution in [0.2, 0.25) is 0 Å². The molecule has 0 saturated carbocycles. The van der Waals surface area contributed by atoms with E-state index >= 15 is 0 Å². The Morgan fingerprint density at radius 2 is 1.30 bits per heavy atom. The molecule has 1 aromatic rings. The summed E-state index contributed by atoms with van der Waals surface area (Å²) in [6, 6.07) is 6.92. The fourth-order valence-electron chi connectivity index (χ4n) is 4.49. The normalized spacial score (nSPS) is 14.1. The van der Waals surface area contributed by atoms with Gasteiger partial charge in [-0.3, -0.25) is 4.79 Å². The average Bonchev–Trinajstić information content (AvgIpc) is 2.87. The number of benzene rings is 1. The van der Waals surface area contributed by atoms with E-state index in [0.717, 1.165) is 45.6 Å². The van der Waals surface area contributed by atoms with Gasteiger partial charge in [0.15, 0.2) is 0 Å². The second-order valence-electron chi connectivity index (χ2n) is 9.57.